The lowest BCUT2D eigenvalue weighted by atomic mass is 9.99. The molecule has 0 aromatic heterocycles. The molecule has 282 valence electrons. The number of allylic oxidation sites excluding steroid dienone is 2. The van der Waals surface area contributed by atoms with Crippen LogP contribution in [0.3, 0.4) is 0 Å². The van der Waals surface area contributed by atoms with Gasteiger partial charge in [0.2, 0.25) is 0 Å². The lowest BCUT2D eigenvalue weighted by molar-refractivity contribution is -0.305. The summed E-state index contributed by atoms with van der Waals surface area (Å²) in [6.07, 6.45) is 21.0. The summed E-state index contributed by atoms with van der Waals surface area (Å²) in [7, 11) is 0. The number of aliphatic hydroxyl groups excluding tert-OH is 4. The number of hydrogen-bond donors (Lipinski definition) is 4. The maximum atomic E-state index is 12.7. The van der Waals surface area contributed by atoms with Crippen LogP contribution in [0, 0.1) is 0 Å². The summed E-state index contributed by atoms with van der Waals surface area (Å²) < 4.78 is 22.0. The number of aliphatic hydroxyl groups is 4. The number of carbonyl (C=O) groups excluding carboxylic acids is 2. The molecule has 1 aliphatic heterocycles. The summed E-state index contributed by atoms with van der Waals surface area (Å²) in [5, 5.41) is 39.8. The first-order valence-corrected chi connectivity index (χ1v) is 19.3. The Morgan fingerprint density at radius 2 is 1.10 bits per heavy atom. The van der Waals surface area contributed by atoms with Crippen molar-refractivity contribution in [1.82, 2.24) is 0 Å². The Balaban J connectivity index is 2.37. The highest BCUT2D eigenvalue weighted by Crippen LogP contribution is 2.22. The van der Waals surface area contributed by atoms with E-state index in [1.54, 1.807) is 0 Å². The summed E-state index contributed by atoms with van der Waals surface area (Å²) in [5.41, 5.74) is 0. The van der Waals surface area contributed by atoms with Crippen LogP contribution in [0.2, 0.25) is 0 Å². The molecule has 4 N–H and O–H groups in total. The zero-order valence-electron chi connectivity index (χ0n) is 30.2. The van der Waals surface area contributed by atoms with Gasteiger partial charge in [-0.1, -0.05) is 122 Å². The van der Waals surface area contributed by atoms with E-state index in [1.807, 2.05) is 0 Å². The Hall–Kier alpha value is -1.56. The van der Waals surface area contributed by atoms with Crippen LogP contribution >= 0.6 is 0 Å². The summed E-state index contributed by atoms with van der Waals surface area (Å²) in [6.45, 7) is 3.35. The lowest BCUT2D eigenvalue weighted by Crippen LogP contribution is -2.59. The molecule has 0 aliphatic carbocycles. The van der Waals surface area contributed by atoms with Gasteiger partial charge in [0, 0.05) is 12.8 Å². The van der Waals surface area contributed by atoms with Crippen LogP contribution in [0.15, 0.2) is 12.2 Å². The second-order valence-corrected chi connectivity index (χ2v) is 13.4. The normalized spacial score (nSPS) is 21.8. The fraction of sp³-hybridized carbons (Fsp3) is 0.895. The number of hydrogen-bond acceptors (Lipinski definition) is 10. The van der Waals surface area contributed by atoms with Gasteiger partial charge in [-0.25, -0.2) is 0 Å². The van der Waals surface area contributed by atoms with E-state index in [-0.39, 0.29) is 32.0 Å². The molecule has 1 rings (SSSR count). The average molecular weight is 687 g/mol. The first-order chi connectivity index (χ1) is 23.3. The number of esters is 2. The van der Waals surface area contributed by atoms with Gasteiger partial charge in [0.1, 0.15) is 31.0 Å². The van der Waals surface area contributed by atoms with Crippen molar-refractivity contribution in [2.24, 2.45) is 0 Å². The van der Waals surface area contributed by atoms with Crippen molar-refractivity contribution in [2.45, 2.75) is 198 Å². The molecule has 0 aromatic rings. The summed E-state index contributed by atoms with van der Waals surface area (Å²) in [4.78, 5) is 25.0. The van der Waals surface area contributed by atoms with Gasteiger partial charge in [-0.2, -0.15) is 0 Å². The van der Waals surface area contributed by atoms with Crippen LogP contribution in [0.5, 0.6) is 0 Å². The molecule has 1 saturated heterocycles. The largest absolute Gasteiger partial charge is 0.462 e. The molecule has 6 unspecified atom stereocenters. The molecule has 0 aromatic carbocycles. The molecule has 6 atom stereocenters. The van der Waals surface area contributed by atoms with E-state index in [1.165, 1.54) is 70.6 Å². The van der Waals surface area contributed by atoms with Crippen molar-refractivity contribution in [3.05, 3.63) is 12.2 Å². The van der Waals surface area contributed by atoms with Gasteiger partial charge >= 0.3 is 11.9 Å². The van der Waals surface area contributed by atoms with Crippen LogP contribution in [0.1, 0.15) is 162 Å². The Bertz CT molecular complexity index is 804. The van der Waals surface area contributed by atoms with E-state index in [0.29, 0.717) is 6.42 Å². The maximum absolute atomic E-state index is 12.7. The Kier molecular flexibility index (Phi) is 28.0. The molecular weight excluding hydrogens is 616 g/mol. The van der Waals surface area contributed by atoms with E-state index in [9.17, 15) is 30.0 Å². The molecule has 1 heterocycles. The molecule has 0 spiro atoms. The van der Waals surface area contributed by atoms with Gasteiger partial charge in [-0.05, 0) is 38.5 Å². The number of ether oxygens (including phenoxy) is 4. The minimum Gasteiger partial charge on any atom is -0.462 e. The molecule has 10 heteroatoms. The fourth-order valence-corrected chi connectivity index (χ4v) is 5.77. The lowest BCUT2D eigenvalue weighted by Gasteiger charge is -2.39. The standard InChI is InChI=1S/C38H70O10/c1-3-5-7-9-11-12-13-14-15-16-17-18-19-21-23-25-27-34(41)47-31(29-45-33(40)26-24-22-20-10-8-6-4-2)30-46-38-37(44)36(43)35(42)32(28-39)48-38/h15-16,31-32,35-39,42-44H,3-14,17-30H2,1-2H3/b16-15-. The predicted molar refractivity (Wildman–Crippen MR) is 187 cm³/mol. The third-order valence-corrected chi connectivity index (χ3v) is 8.90. The highest BCUT2D eigenvalue weighted by molar-refractivity contribution is 5.70. The Morgan fingerprint density at radius 3 is 1.62 bits per heavy atom. The van der Waals surface area contributed by atoms with Crippen molar-refractivity contribution >= 4 is 11.9 Å². The van der Waals surface area contributed by atoms with Crippen LogP contribution in [0.4, 0.5) is 0 Å². The van der Waals surface area contributed by atoms with E-state index >= 15 is 0 Å². The van der Waals surface area contributed by atoms with Crippen LogP contribution in [-0.2, 0) is 28.5 Å². The first kappa shape index (κ1) is 44.5. The molecule has 1 aliphatic rings. The SMILES string of the molecule is CCCCCCCCC/C=C\CCCCCCCC(=O)OC(COC(=O)CCCCCCCCC)COC1OC(CO)C(O)C(O)C1O. The minimum absolute atomic E-state index is 0.217. The molecule has 0 amide bonds. The van der Waals surface area contributed by atoms with Gasteiger partial charge in [0.25, 0.3) is 0 Å². The van der Waals surface area contributed by atoms with Crippen molar-refractivity contribution in [3.63, 3.8) is 0 Å². The zero-order valence-corrected chi connectivity index (χ0v) is 30.2. The van der Waals surface area contributed by atoms with Gasteiger partial charge in [-0.15, -0.1) is 0 Å². The predicted octanol–water partition coefficient (Wildman–Crippen LogP) is 6.83. The van der Waals surface area contributed by atoms with Crippen molar-refractivity contribution in [3.8, 4) is 0 Å². The second kappa shape index (κ2) is 30.3. The molecule has 48 heavy (non-hydrogen) atoms. The quantitative estimate of drug-likeness (QED) is 0.0347. The third kappa shape index (κ3) is 22.2. The number of rotatable bonds is 31. The molecular formula is C38H70O10. The minimum atomic E-state index is -1.59. The molecule has 0 radical (unpaired) electrons. The summed E-state index contributed by atoms with van der Waals surface area (Å²) in [5.74, 6) is -0.820. The number of carbonyl (C=O) groups is 2. The zero-order chi connectivity index (χ0) is 35.2. The van der Waals surface area contributed by atoms with Crippen molar-refractivity contribution < 1.29 is 49.0 Å². The molecule has 10 nitrogen and oxygen atoms in total. The van der Waals surface area contributed by atoms with Crippen LogP contribution < -0.4 is 0 Å². The van der Waals surface area contributed by atoms with E-state index < -0.39 is 49.4 Å². The van der Waals surface area contributed by atoms with Gasteiger partial charge in [0.15, 0.2) is 12.4 Å². The second-order valence-electron chi connectivity index (χ2n) is 13.4. The summed E-state index contributed by atoms with van der Waals surface area (Å²) in [6, 6.07) is 0. The van der Waals surface area contributed by atoms with Gasteiger partial charge in [-0.3, -0.25) is 9.59 Å². The highest BCUT2D eigenvalue weighted by Gasteiger charge is 2.44. The smallest absolute Gasteiger partial charge is 0.306 e. The third-order valence-electron chi connectivity index (χ3n) is 8.90. The Morgan fingerprint density at radius 1 is 0.625 bits per heavy atom. The fourth-order valence-electron chi connectivity index (χ4n) is 5.77. The van der Waals surface area contributed by atoms with Gasteiger partial charge in [0.05, 0.1) is 13.2 Å². The van der Waals surface area contributed by atoms with E-state index in [4.69, 9.17) is 18.9 Å². The molecule has 0 bridgehead atoms. The monoisotopic (exact) mass is 686 g/mol. The summed E-state index contributed by atoms with van der Waals surface area (Å²) >= 11 is 0. The van der Waals surface area contributed by atoms with Gasteiger partial charge < -0.3 is 39.4 Å². The first-order valence-electron chi connectivity index (χ1n) is 19.3. The average Bonchev–Trinajstić information content (AvgIpc) is 3.08. The van der Waals surface area contributed by atoms with Crippen molar-refractivity contribution in [2.75, 3.05) is 19.8 Å². The topological polar surface area (TPSA) is 152 Å². The number of unbranched alkanes of at least 4 members (excludes halogenated alkanes) is 18. The van der Waals surface area contributed by atoms with Crippen molar-refractivity contribution in [1.29, 1.82) is 0 Å². The molecule has 0 saturated carbocycles. The van der Waals surface area contributed by atoms with Crippen LogP contribution in [0.25, 0.3) is 0 Å². The van der Waals surface area contributed by atoms with E-state index in [0.717, 1.165) is 57.8 Å². The Labute approximate surface area is 291 Å². The van der Waals surface area contributed by atoms with E-state index in [2.05, 4.69) is 26.0 Å². The highest BCUT2D eigenvalue weighted by atomic mass is 16.7. The molecule has 1 fully saturated rings. The van der Waals surface area contributed by atoms with Crippen LogP contribution in [-0.4, -0.2) is 89.0 Å². The maximum Gasteiger partial charge on any atom is 0.306 e.